The normalized spacial score (nSPS) is 18.8. The Balaban J connectivity index is 1.02. The van der Waals surface area contributed by atoms with Crippen LogP contribution < -0.4 is 30.8 Å². The highest BCUT2D eigenvalue weighted by Crippen LogP contribution is 2.61. The van der Waals surface area contributed by atoms with Crippen molar-refractivity contribution in [3.63, 3.8) is 0 Å². The monoisotopic (exact) mass is 1030 g/mol. The summed E-state index contributed by atoms with van der Waals surface area (Å²) < 4.78 is 2.64. The molecule has 2 nitrogen and oxygen atoms in total. The molecule has 0 spiro atoms. The molecule has 4 heteroatoms. The van der Waals surface area contributed by atoms with Crippen molar-refractivity contribution < 1.29 is 0 Å². The van der Waals surface area contributed by atoms with Crippen LogP contribution in [0.5, 0.6) is 0 Å². The first-order valence-electron chi connectivity index (χ1n) is 28.2. The standard InChI is InChI=1S/C73H68N2Si2/c1-71(2,3)55-35-38-68-66(44-55)72(4)40-19-20-41-73(72,5)75(68)57-36-39-67-63(46-57)64-47-65-62-37-34-53(52-33-32-50-22-17-18-23-51(50)42-52)43-54(62)49-76(6,7)70(65)48-69(64)74(67)56-24-21-31-61(45-56)77(58-25-11-8-12-26-58,59-27-13-9-14-28-59)60-29-15-10-16-30-60/h8-18,21-39,42-48H,19-20,40-41,49H2,1-7H3. The Morgan fingerprint density at radius 2 is 1.10 bits per heavy atom. The second-order valence-electron chi connectivity index (χ2n) is 25.0. The summed E-state index contributed by atoms with van der Waals surface area (Å²) in [4.78, 5) is 2.79. The van der Waals surface area contributed by atoms with Gasteiger partial charge in [-0.15, -0.1) is 0 Å². The lowest BCUT2D eigenvalue weighted by molar-refractivity contribution is 0.195. The summed E-state index contributed by atoms with van der Waals surface area (Å²) in [6.07, 6.45) is 4.88. The topological polar surface area (TPSA) is 8.17 Å². The smallest absolute Gasteiger partial charge is 0.179 e. The molecule has 0 N–H and O–H groups in total. The Hall–Kier alpha value is -7.51. The largest absolute Gasteiger partial charge is 0.334 e. The highest BCUT2D eigenvalue weighted by molar-refractivity contribution is 7.19. The second kappa shape index (κ2) is 17.5. The third-order valence-electron chi connectivity index (χ3n) is 19.1. The molecule has 1 saturated carbocycles. The van der Waals surface area contributed by atoms with E-state index in [4.69, 9.17) is 0 Å². The van der Waals surface area contributed by atoms with E-state index < -0.39 is 16.1 Å². The minimum absolute atomic E-state index is 0.0303. The molecule has 77 heavy (non-hydrogen) atoms. The lowest BCUT2D eigenvalue weighted by Gasteiger charge is -2.50. The number of hydrogen-bond acceptors (Lipinski definition) is 1. The first-order chi connectivity index (χ1) is 37.3. The van der Waals surface area contributed by atoms with Crippen molar-refractivity contribution in [2.75, 3.05) is 4.90 Å². The zero-order valence-electron chi connectivity index (χ0n) is 45.8. The van der Waals surface area contributed by atoms with E-state index in [0.717, 1.165) is 12.5 Å². The molecule has 0 bridgehead atoms. The molecule has 1 fully saturated rings. The Morgan fingerprint density at radius 1 is 0.481 bits per heavy atom. The fourth-order valence-electron chi connectivity index (χ4n) is 14.9. The van der Waals surface area contributed by atoms with Crippen molar-refractivity contribution >= 4 is 86.0 Å². The van der Waals surface area contributed by atoms with E-state index in [2.05, 4.69) is 282 Å². The number of anilines is 2. The van der Waals surface area contributed by atoms with Gasteiger partial charge in [0.1, 0.15) is 0 Å². The van der Waals surface area contributed by atoms with Crippen LogP contribution in [0, 0.1) is 0 Å². The van der Waals surface area contributed by atoms with Crippen molar-refractivity contribution in [3.05, 3.63) is 241 Å². The summed E-state index contributed by atoms with van der Waals surface area (Å²) in [5, 5.41) is 12.3. The molecule has 11 aromatic rings. The summed E-state index contributed by atoms with van der Waals surface area (Å²) >= 11 is 0. The van der Waals surface area contributed by atoms with Gasteiger partial charge in [0.25, 0.3) is 0 Å². The molecule has 0 radical (unpaired) electrons. The van der Waals surface area contributed by atoms with Gasteiger partial charge < -0.3 is 9.47 Å². The molecule has 2 aliphatic heterocycles. The predicted molar refractivity (Wildman–Crippen MR) is 335 cm³/mol. The Morgan fingerprint density at radius 3 is 1.81 bits per heavy atom. The molecule has 1 aliphatic carbocycles. The molecule has 3 heterocycles. The number of aromatic nitrogens is 1. The summed E-state index contributed by atoms with van der Waals surface area (Å²) in [6.45, 7) is 17.5. The average molecular weight is 1030 g/mol. The molecular formula is C73H68N2Si2. The fourth-order valence-corrected chi connectivity index (χ4v) is 22.6. The van der Waals surface area contributed by atoms with Crippen LogP contribution in [-0.2, 0) is 16.9 Å². The van der Waals surface area contributed by atoms with Crippen molar-refractivity contribution in [2.24, 2.45) is 0 Å². The summed E-state index contributed by atoms with van der Waals surface area (Å²) in [5.41, 5.74) is 16.3. The minimum Gasteiger partial charge on any atom is -0.334 e. The first-order valence-corrected chi connectivity index (χ1v) is 33.5. The molecular weight excluding hydrogens is 961 g/mol. The number of benzene rings is 10. The van der Waals surface area contributed by atoms with Crippen LogP contribution in [0.4, 0.5) is 11.4 Å². The maximum Gasteiger partial charge on any atom is 0.179 e. The summed E-state index contributed by atoms with van der Waals surface area (Å²) in [7, 11) is -4.87. The number of fused-ring (bicyclic) bond motifs is 10. The zero-order valence-corrected chi connectivity index (χ0v) is 47.8. The lowest BCUT2D eigenvalue weighted by atomic mass is 9.61. The molecule has 0 saturated heterocycles. The molecule has 1 aromatic heterocycles. The fraction of sp³-hybridized carbons (Fsp3) is 0.205. The van der Waals surface area contributed by atoms with Crippen LogP contribution in [-0.4, -0.2) is 26.3 Å². The Bertz CT molecular complexity index is 4030. The van der Waals surface area contributed by atoms with Crippen LogP contribution in [0.2, 0.25) is 13.1 Å². The van der Waals surface area contributed by atoms with Gasteiger partial charge in [-0.1, -0.05) is 223 Å². The van der Waals surface area contributed by atoms with Crippen LogP contribution in [0.15, 0.2) is 224 Å². The Labute approximate surface area is 457 Å². The predicted octanol–water partition coefficient (Wildman–Crippen LogP) is 15.7. The van der Waals surface area contributed by atoms with E-state index in [1.807, 2.05) is 0 Å². The molecule has 10 aromatic carbocycles. The van der Waals surface area contributed by atoms with Crippen LogP contribution in [0.3, 0.4) is 0 Å². The first kappa shape index (κ1) is 47.9. The van der Waals surface area contributed by atoms with Crippen LogP contribution >= 0.6 is 0 Å². The van der Waals surface area contributed by atoms with Gasteiger partial charge in [0.05, 0.1) is 24.6 Å². The maximum atomic E-state index is 2.79. The summed E-state index contributed by atoms with van der Waals surface area (Å²) in [6, 6.07) is 88.2. The van der Waals surface area contributed by atoms with Gasteiger partial charge in [-0.2, -0.15) is 0 Å². The lowest BCUT2D eigenvalue weighted by Crippen LogP contribution is -2.74. The number of rotatable bonds is 7. The zero-order chi connectivity index (χ0) is 52.5. The summed E-state index contributed by atoms with van der Waals surface area (Å²) in [5.74, 6) is 0. The van der Waals surface area contributed by atoms with Crippen molar-refractivity contribution in [2.45, 2.75) is 95.8 Å². The van der Waals surface area contributed by atoms with Gasteiger partial charge in [-0.05, 0) is 161 Å². The molecule has 14 rings (SSSR count). The van der Waals surface area contributed by atoms with Crippen LogP contribution in [0.25, 0.3) is 60.5 Å². The van der Waals surface area contributed by atoms with Crippen molar-refractivity contribution in [3.8, 4) is 27.9 Å². The molecule has 0 amide bonds. The third kappa shape index (κ3) is 7.24. The van der Waals surface area contributed by atoms with E-state index in [0.29, 0.717) is 0 Å². The van der Waals surface area contributed by atoms with E-state index in [9.17, 15) is 0 Å². The van der Waals surface area contributed by atoms with Gasteiger partial charge in [-0.3, -0.25) is 0 Å². The van der Waals surface area contributed by atoms with Crippen molar-refractivity contribution in [1.29, 1.82) is 0 Å². The minimum atomic E-state index is -2.83. The maximum absolute atomic E-state index is 2.83. The van der Waals surface area contributed by atoms with E-state index in [1.165, 1.54) is 129 Å². The Kier molecular flexibility index (Phi) is 10.9. The van der Waals surface area contributed by atoms with Gasteiger partial charge in [0.2, 0.25) is 0 Å². The number of hydrogen-bond donors (Lipinski definition) is 0. The SMILES string of the molecule is CC(C)(C)c1ccc2c(c1)C1(C)CCCCC1(C)N2c1ccc2c(c1)c1cc3c(cc1n2-c1cccc([Si](c2ccccc2)(c2ccccc2)c2ccccc2)c1)[Si](C)(C)Cc1cc(-c2ccc4ccccc4c2)ccc1-3. The van der Waals surface area contributed by atoms with Gasteiger partial charge >= 0.3 is 0 Å². The van der Waals surface area contributed by atoms with E-state index in [1.54, 1.807) is 5.19 Å². The van der Waals surface area contributed by atoms with Gasteiger partial charge in [0, 0.05) is 33.2 Å². The highest BCUT2D eigenvalue weighted by atomic mass is 28.3. The third-order valence-corrected chi connectivity index (χ3v) is 27.0. The quantitative estimate of drug-likeness (QED) is 0.114. The molecule has 378 valence electrons. The molecule has 3 aliphatic rings. The number of nitrogens with zero attached hydrogens (tertiary/aromatic N) is 2. The van der Waals surface area contributed by atoms with Crippen molar-refractivity contribution in [1.82, 2.24) is 4.57 Å². The second-order valence-corrected chi connectivity index (χ2v) is 33.4. The van der Waals surface area contributed by atoms with Gasteiger partial charge in [0.15, 0.2) is 8.07 Å². The van der Waals surface area contributed by atoms with E-state index in [-0.39, 0.29) is 16.4 Å². The molecule has 2 atom stereocenters. The van der Waals surface area contributed by atoms with Gasteiger partial charge in [-0.25, -0.2) is 0 Å². The average Bonchev–Trinajstić information content (AvgIpc) is 4.08. The highest BCUT2D eigenvalue weighted by Gasteiger charge is 2.58. The molecule has 2 unspecified atom stereocenters. The van der Waals surface area contributed by atoms with Crippen LogP contribution in [0.1, 0.15) is 77.0 Å². The van der Waals surface area contributed by atoms with E-state index >= 15 is 0 Å².